The van der Waals surface area contributed by atoms with Gasteiger partial charge in [0.1, 0.15) is 0 Å². The van der Waals surface area contributed by atoms with Gasteiger partial charge in [-0.3, -0.25) is 15.7 Å². The lowest BCUT2D eigenvalue weighted by atomic mass is 9.98. The predicted molar refractivity (Wildman–Crippen MR) is 67.1 cm³/mol. The number of pyridine rings is 1. The lowest BCUT2D eigenvalue weighted by molar-refractivity contribution is 0.126. The molecule has 0 atom stereocenters. The molecule has 1 aliphatic heterocycles. The molecule has 0 saturated carbocycles. The fourth-order valence-corrected chi connectivity index (χ4v) is 2.21. The van der Waals surface area contributed by atoms with Crippen molar-refractivity contribution in [2.75, 3.05) is 25.1 Å². The number of anilines is 1. The van der Waals surface area contributed by atoms with E-state index in [2.05, 4.69) is 15.3 Å². The Morgan fingerprint density at radius 1 is 1.47 bits per heavy atom. The lowest BCUT2D eigenvalue weighted by Crippen LogP contribution is -2.34. The molecule has 0 radical (unpaired) electrons. The van der Waals surface area contributed by atoms with Crippen LogP contribution < -0.4 is 11.3 Å². The molecule has 4 N–H and O–H groups in total. The maximum Gasteiger partial charge on any atom is 0.0564 e. The number of nitrogens with two attached hydrogens (primary N) is 1. The van der Waals surface area contributed by atoms with Crippen molar-refractivity contribution in [1.29, 1.82) is 0 Å². The number of aliphatic hydroxyl groups excluding tert-OH is 1. The van der Waals surface area contributed by atoms with E-state index in [1.807, 2.05) is 12.1 Å². The molecule has 0 bridgehead atoms. The normalized spacial score (nSPS) is 18.2. The van der Waals surface area contributed by atoms with E-state index < -0.39 is 0 Å². The minimum Gasteiger partial charge on any atom is -0.396 e. The summed E-state index contributed by atoms with van der Waals surface area (Å²) >= 11 is 0. The molecular weight excluding hydrogens is 216 g/mol. The van der Waals surface area contributed by atoms with Crippen LogP contribution in [0.15, 0.2) is 18.3 Å². The van der Waals surface area contributed by atoms with Crippen LogP contribution in [-0.2, 0) is 6.54 Å². The van der Waals surface area contributed by atoms with E-state index in [0.29, 0.717) is 12.5 Å². The van der Waals surface area contributed by atoms with Gasteiger partial charge in [-0.25, -0.2) is 0 Å². The molecule has 2 heterocycles. The van der Waals surface area contributed by atoms with Gasteiger partial charge in [0.05, 0.1) is 11.4 Å². The van der Waals surface area contributed by atoms with E-state index in [4.69, 9.17) is 10.9 Å². The number of hydrogen-bond donors (Lipinski definition) is 3. The predicted octanol–water partition coefficient (Wildman–Crippen LogP) is 0.571. The third-order valence-electron chi connectivity index (χ3n) is 3.33. The molecule has 5 heteroatoms. The smallest absolute Gasteiger partial charge is 0.0564 e. The highest BCUT2D eigenvalue weighted by molar-refractivity contribution is 5.41. The first kappa shape index (κ1) is 12.3. The van der Waals surface area contributed by atoms with E-state index in [0.717, 1.165) is 43.9 Å². The second-order valence-electron chi connectivity index (χ2n) is 4.58. The van der Waals surface area contributed by atoms with E-state index in [-0.39, 0.29) is 0 Å². The summed E-state index contributed by atoms with van der Waals surface area (Å²) in [6.07, 6.45) is 3.92. The molecular formula is C12H20N4O. The summed E-state index contributed by atoms with van der Waals surface area (Å²) in [6, 6.07) is 3.82. The van der Waals surface area contributed by atoms with E-state index in [1.165, 1.54) is 0 Å². The fourth-order valence-electron chi connectivity index (χ4n) is 2.21. The van der Waals surface area contributed by atoms with Gasteiger partial charge in [0.15, 0.2) is 0 Å². The molecule has 0 spiro atoms. The van der Waals surface area contributed by atoms with Crippen molar-refractivity contribution in [2.24, 2.45) is 11.8 Å². The highest BCUT2D eigenvalue weighted by atomic mass is 16.3. The first-order valence-corrected chi connectivity index (χ1v) is 6.06. The van der Waals surface area contributed by atoms with E-state index in [9.17, 15) is 0 Å². The lowest BCUT2D eigenvalue weighted by Gasteiger charge is -2.30. The Labute approximate surface area is 102 Å². The topological polar surface area (TPSA) is 74.4 Å². The van der Waals surface area contributed by atoms with Crippen molar-refractivity contribution in [3.63, 3.8) is 0 Å². The minimum atomic E-state index is 0.318. The summed E-state index contributed by atoms with van der Waals surface area (Å²) in [7, 11) is 0. The Hall–Kier alpha value is -1.17. The minimum absolute atomic E-state index is 0.318. The molecule has 0 unspecified atom stereocenters. The molecule has 0 aliphatic carbocycles. The second-order valence-corrected chi connectivity index (χ2v) is 4.58. The maximum absolute atomic E-state index is 9.08. The number of rotatable bonds is 4. The van der Waals surface area contributed by atoms with Gasteiger partial charge in [-0.15, -0.1) is 0 Å². The number of hydrogen-bond acceptors (Lipinski definition) is 5. The first-order chi connectivity index (χ1) is 8.31. The zero-order valence-electron chi connectivity index (χ0n) is 9.97. The number of piperidine rings is 1. The molecule has 0 aromatic carbocycles. The highest BCUT2D eigenvalue weighted by Gasteiger charge is 2.18. The van der Waals surface area contributed by atoms with Crippen molar-refractivity contribution < 1.29 is 5.11 Å². The van der Waals surface area contributed by atoms with Crippen molar-refractivity contribution in [1.82, 2.24) is 9.88 Å². The van der Waals surface area contributed by atoms with Crippen LogP contribution in [0.3, 0.4) is 0 Å². The van der Waals surface area contributed by atoms with Gasteiger partial charge in [0.2, 0.25) is 0 Å². The monoisotopic (exact) mass is 236 g/mol. The number of aliphatic hydroxyl groups is 1. The third kappa shape index (κ3) is 3.39. The molecule has 1 saturated heterocycles. The average Bonchev–Trinajstić information content (AvgIpc) is 2.40. The molecule has 1 aromatic heterocycles. The Balaban J connectivity index is 1.88. The number of nitrogens with one attached hydrogen (secondary N) is 1. The van der Waals surface area contributed by atoms with Crippen LogP contribution in [0, 0.1) is 5.92 Å². The van der Waals surface area contributed by atoms with Gasteiger partial charge in [0, 0.05) is 19.3 Å². The third-order valence-corrected chi connectivity index (χ3v) is 3.33. The molecule has 5 nitrogen and oxygen atoms in total. The SMILES string of the molecule is NNc1ccnc(CN2CCC(CO)CC2)c1. The average molecular weight is 236 g/mol. The van der Waals surface area contributed by atoms with Crippen LogP contribution in [0.5, 0.6) is 0 Å². The first-order valence-electron chi connectivity index (χ1n) is 6.06. The molecule has 1 fully saturated rings. The summed E-state index contributed by atoms with van der Waals surface area (Å²) in [5.74, 6) is 5.85. The molecule has 0 amide bonds. The molecule has 1 aromatic rings. The number of nitrogens with zero attached hydrogens (tertiary/aromatic N) is 2. The Morgan fingerprint density at radius 3 is 2.88 bits per heavy atom. The number of aromatic nitrogens is 1. The molecule has 17 heavy (non-hydrogen) atoms. The van der Waals surface area contributed by atoms with Gasteiger partial charge in [-0.2, -0.15) is 0 Å². The van der Waals surface area contributed by atoms with Gasteiger partial charge < -0.3 is 10.5 Å². The van der Waals surface area contributed by atoms with Gasteiger partial charge in [-0.05, 0) is 44.0 Å². The van der Waals surface area contributed by atoms with Crippen LogP contribution in [0.2, 0.25) is 0 Å². The van der Waals surface area contributed by atoms with Crippen LogP contribution in [0.25, 0.3) is 0 Å². The summed E-state index contributed by atoms with van der Waals surface area (Å²) in [5.41, 5.74) is 4.55. The van der Waals surface area contributed by atoms with Crippen molar-refractivity contribution in [2.45, 2.75) is 19.4 Å². The van der Waals surface area contributed by atoms with Crippen LogP contribution in [0.1, 0.15) is 18.5 Å². The van der Waals surface area contributed by atoms with E-state index in [1.54, 1.807) is 6.20 Å². The Morgan fingerprint density at radius 2 is 2.24 bits per heavy atom. The van der Waals surface area contributed by atoms with Gasteiger partial charge in [-0.1, -0.05) is 0 Å². The molecule has 1 aliphatic rings. The van der Waals surface area contributed by atoms with Crippen LogP contribution >= 0.6 is 0 Å². The van der Waals surface area contributed by atoms with Crippen molar-refractivity contribution >= 4 is 5.69 Å². The second kappa shape index (κ2) is 5.95. The van der Waals surface area contributed by atoms with Crippen LogP contribution in [-0.4, -0.2) is 34.7 Å². The summed E-state index contributed by atoms with van der Waals surface area (Å²) < 4.78 is 0. The zero-order valence-corrected chi connectivity index (χ0v) is 9.97. The summed E-state index contributed by atoms with van der Waals surface area (Å²) in [5, 5.41) is 9.08. The van der Waals surface area contributed by atoms with Gasteiger partial charge in [0.25, 0.3) is 0 Å². The summed E-state index contributed by atoms with van der Waals surface area (Å²) in [4.78, 5) is 6.70. The molecule has 94 valence electrons. The maximum atomic E-state index is 9.08. The highest BCUT2D eigenvalue weighted by Crippen LogP contribution is 2.18. The fraction of sp³-hybridized carbons (Fsp3) is 0.583. The number of nitrogen functional groups attached to an aromatic ring is 1. The Bertz CT molecular complexity index is 350. The van der Waals surface area contributed by atoms with Crippen molar-refractivity contribution in [3.05, 3.63) is 24.0 Å². The number of hydrazine groups is 1. The van der Waals surface area contributed by atoms with Crippen LogP contribution in [0.4, 0.5) is 5.69 Å². The quantitative estimate of drug-likeness (QED) is 0.526. The van der Waals surface area contributed by atoms with Gasteiger partial charge >= 0.3 is 0 Å². The molecule has 2 rings (SSSR count). The van der Waals surface area contributed by atoms with Crippen molar-refractivity contribution in [3.8, 4) is 0 Å². The van der Waals surface area contributed by atoms with E-state index >= 15 is 0 Å². The largest absolute Gasteiger partial charge is 0.396 e. The number of likely N-dealkylation sites (tertiary alicyclic amines) is 1. The zero-order chi connectivity index (χ0) is 12.1. The standard InChI is InChI=1S/C12H20N4O/c13-15-11-1-4-14-12(7-11)8-16-5-2-10(9-17)3-6-16/h1,4,7,10,17H,2-3,5-6,8-9,13H2,(H,14,15). The summed E-state index contributed by atoms with van der Waals surface area (Å²) in [6.45, 7) is 3.24. The Kier molecular flexibility index (Phi) is 4.30.